The van der Waals surface area contributed by atoms with Crippen molar-refractivity contribution in [1.29, 1.82) is 5.26 Å². The number of halogens is 4. The minimum Gasteiger partial charge on any atom is -0.415 e. The number of sulfone groups is 1. The third-order valence-electron chi connectivity index (χ3n) is 7.90. The van der Waals surface area contributed by atoms with Crippen molar-refractivity contribution in [3.63, 3.8) is 0 Å². The Labute approximate surface area is 267 Å². The molecule has 0 aliphatic heterocycles. The van der Waals surface area contributed by atoms with Gasteiger partial charge in [0.2, 0.25) is 15.7 Å². The third kappa shape index (κ3) is 5.28. The average molecular weight is 657 g/mol. The standard InChI is InChI=1S/C35H24F4N4O3S/c1-22-19-23(17-18-29(22)47(44,45)34(38)39)30-27(20-40)41-21-28-31(30)32(46-33(36)37)42-43(28)35(24-11-5-2-6-12-24,25-13-7-3-8-14-25)26-15-9-4-10-16-26/h2-19,21,33-34H,1H3. The Hall–Kier alpha value is -5.54. The van der Waals surface area contributed by atoms with E-state index in [0.29, 0.717) is 16.7 Å². The molecular weight excluding hydrogens is 632 g/mol. The van der Waals surface area contributed by atoms with Gasteiger partial charge in [-0.2, -0.15) is 22.8 Å². The first-order valence-corrected chi connectivity index (χ1v) is 15.7. The Kier molecular flexibility index (Phi) is 8.25. The highest BCUT2D eigenvalue weighted by molar-refractivity contribution is 7.91. The maximum atomic E-state index is 14.1. The van der Waals surface area contributed by atoms with Gasteiger partial charge in [-0.1, -0.05) is 103 Å². The second kappa shape index (κ2) is 12.3. The fraction of sp³-hybridized carbons (Fsp3) is 0.114. The van der Waals surface area contributed by atoms with Crippen molar-refractivity contribution in [2.75, 3.05) is 0 Å². The van der Waals surface area contributed by atoms with Crippen LogP contribution in [0.15, 0.2) is 120 Å². The van der Waals surface area contributed by atoms with Crippen molar-refractivity contribution in [1.82, 2.24) is 14.8 Å². The molecule has 0 radical (unpaired) electrons. The van der Waals surface area contributed by atoms with Gasteiger partial charge >= 0.3 is 12.4 Å². The Morgan fingerprint density at radius 2 is 1.36 bits per heavy atom. The normalized spacial score (nSPS) is 12.0. The number of benzene rings is 4. The van der Waals surface area contributed by atoms with Crippen LogP contribution in [-0.4, -0.2) is 35.6 Å². The van der Waals surface area contributed by atoms with E-state index in [1.807, 2.05) is 97.1 Å². The monoisotopic (exact) mass is 656 g/mol. The summed E-state index contributed by atoms with van der Waals surface area (Å²) >= 11 is 0. The van der Waals surface area contributed by atoms with Crippen LogP contribution < -0.4 is 4.74 Å². The summed E-state index contributed by atoms with van der Waals surface area (Å²) in [4.78, 5) is 3.77. The van der Waals surface area contributed by atoms with Crippen LogP contribution >= 0.6 is 0 Å². The summed E-state index contributed by atoms with van der Waals surface area (Å²) in [5.41, 5.74) is 0.991. The molecule has 12 heteroatoms. The van der Waals surface area contributed by atoms with E-state index in [1.165, 1.54) is 29.9 Å². The molecule has 0 N–H and O–H groups in total. The van der Waals surface area contributed by atoms with E-state index in [0.717, 1.165) is 6.07 Å². The summed E-state index contributed by atoms with van der Waals surface area (Å²) in [5, 5.41) is 14.8. The highest BCUT2D eigenvalue weighted by atomic mass is 32.2. The molecule has 2 aromatic heterocycles. The molecule has 2 heterocycles. The first-order valence-electron chi connectivity index (χ1n) is 14.2. The van der Waals surface area contributed by atoms with Crippen molar-refractivity contribution in [2.24, 2.45) is 0 Å². The van der Waals surface area contributed by atoms with Crippen LogP contribution in [0, 0.1) is 18.3 Å². The smallest absolute Gasteiger partial charge is 0.388 e. The second-order valence-electron chi connectivity index (χ2n) is 10.5. The maximum Gasteiger partial charge on any atom is 0.388 e. The molecule has 0 unspecified atom stereocenters. The van der Waals surface area contributed by atoms with Crippen LogP contribution in [0.1, 0.15) is 27.9 Å². The number of ether oxygens (including phenoxy) is 1. The topological polar surface area (TPSA) is 97.9 Å². The second-order valence-corrected chi connectivity index (χ2v) is 12.4. The predicted molar refractivity (Wildman–Crippen MR) is 167 cm³/mol. The molecule has 0 bridgehead atoms. The number of aromatic nitrogens is 3. The van der Waals surface area contributed by atoms with Gasteiger partial charge in [-0.25, -0.2) is 18.1 Å². The summed E-state index contributed by atoms with van der Waals surface area (Å²) < 4.78 is 86.1. The molecule has 4 aromatic carbocycles. The first kappa shape index (κ1) is 31.4. The number of nitrogens with zero attached hydrogens (tertiary/aromatic N) is 4. The van der Waals surface area contributed by atoms with Gasteiger partial charge in [-0.05, 0) is 40.8 Å². The zero-order chi connectivity index (χ0) is 33.3. The number of hydrogen-bond acceptors (Lipinski definition) is 6. The van der Waals surface area contributed by atoms with Crippen LogP contribution in [0.3, 0.4) is 0 Å². The van der Waals surface area contributed by atoms with Crippen molar-refractivity contribution in [3.05, 3.63) is 143 Å². The number of hydrogen-bond donors (Lipinski definition) is 0. The Morgan fingerprint density at radius 1 is 0.830 bits per heavy atom. The van der Waals surface area contributed by atoms with Crippen LogP contribution in [0.4, 0.5) is 17.6 Å². The molecule has 6 aromatic rings. The molecule has 47 heavy (non-hydrogen) atoms. The molecule has 0 aliphatic rings. The lowest BCUT2D eigenvalue weighted by Gasteiger charge is -2.36. The van der Waals surface area contributed by atoms with E-state index >= 15 is 0 Å². The van der Waals surface area contributed by atoms with E-state index in [1.54, 1.807) is 0 Å². The zero-order valence-corrected chi connectivity index (χ0v) is 25.4. The lowest BCUT2D eigenvalue weighted by Crippen LogP contribution is -2.38. The Balaban J connectivity index is 1.77. The van der Waals surface area contributed by atoms with Gasteiger partial charge in [0, 0.05) is 5.56 Å². The van der Waals surface area contributed by atoms with Crippen molar-refractivity contribution in [2.45, 2.75) is 29.7 Å². The first-order chi connectivity index (χ1) is 22.6. The molecular formula is C35H24F4N4O3S. The molecule has 0 saturated heterocycles. The molecule has 0 spiro atoms. The molecule has 0 saturated carbocycles. The summed E-state index contributed by atoms with van der Waals surface area (Å²) in [5.74, 6) is -4.17. The highest BCUT2D eigenvalue weighted by Gasteiger charge is 2.42. The zero-order valence-electron chi connectivity index (χ0n) is 24.6. The number of fused-ring (bicyclic) bond motifs is 1. The minimum atomic E-state index is -4.95. The summed E-state index contributed by atoms with van der Waals surface area (Å²) in [6.07, 6.45) is 1.34. The quantitative estimate of drug-likeness (QED) is 0.117. The van der Waals surface area contributed by atoms with Crippen LogP contribution in [-0.2, 0) is 15.4 Å². The van der Waals surface area contributed by atoms with E-state index in [9.17, 15) is 31.2 Å². The van der Waals surface area contributed by atoms with Crippen molar-refractivity contribution >= 4 is 20.7 Å². The molecule has 236 valence electrons. The summed E-state index contributed by atoms with van der Waals surface area (Å²) in [7, 11) is -4.95. The number of alkyl halides is 4. The van der Waals surface area contributed by atoms with Crippen molar-refractivity contribution in [3.8, 4) is 23.1 Å². The van der Waals surface area contributed by atoms with E-state index in [4.69, 9.17) is 4.74 Å². The predicted octanol–water partition coefficient (Wildman–Crippen LogP) is 7.72. The van der Waals surface area contributed by atoms with Crippen LogP contribution in [0.5, 0.6) is 5.88 Å². The fourth-order valence-corrected chi connectivity index (χ4v) is 6.94. The van der Waals surface area contributed by atoms with Gasteiger partial charge in [0.05, 0.1) is 22.0 Å². The van der Waals surface area contributed by atoms with Gasteiger partial charge in [-0.15, -0.1) is 5.10 Å². The molecule has 0 amide bonds. The average Bonchev–Trinajstić information content (AvgIpc) is 3.43. The van der Waals surface area contributed by atoms with Gasteiger partial charge in [-0.3, -0.25) is 0 Å². The lowest BCUT2D eigenvalue weighted by atomic mass is 9.77. The number of aryl methyl sites for hydroxylation is 1. The maximum absolute atomic E-state index is 14.1. The minimum absolute atomic E-state index is 0.00659. The Bertz CT molecular complexity index is 2130. The van der Waals surface area contributed by atoms with E-state index in [2.05, 4.69) is 10.1 Å². The molecule has 0 fully saturated rings. The van der Waals surface area contributed by atoms with Gasteiger partial charge in [0.25, 0.3) is 0 Å². The number of rotatable bonds is 9. The lowest BCUT2D eigenvalue weighted by molar-refractivity contribution is -0.0523. The summed E-state index contributed by atoms with van der Waals surface area (Å²) in [6, 6.07) is 33.3. The summed E-state index contributed by atoms with van der Waals surface area (Å²) in [6.45, 7) is -1.99. The number of pyridine rings is 1. The fourth-order valence-electron chi connectivity index (χ4n) is 5.99. The Morgan fingerprint density at radius 3 is 1.81 bits per heavy atom. The number of nitriles is 1. The van der Waals surface area contributed by atoms with Gasteiger partial charge < -0.3 is 4.74 Å². The van der Waals surface area contributed by atoms with Crippen molar-refractivity contribution < 1.29 is 30.7 Å². The molecule has 6 rings (SSSR count). The van der Waals surface area contributed by atoms with Crippen LogP contribution in [0.25, 0.3) is 22.0 Å². The van der Waals surface area contributed by atoms with Crippen LogP contribution in [0.2, 0.25) is 0 Å². The van der Waals surface area contributed by atoms with Gasteiger partial charge in [0.1, 0.15) is 17.3 Å². The third-order valence-corrected chi connectivity index (χ3v) is 9.44. The molecule has 0 aliphatic carbocycles. The van der Waals surface area contributed by atoms with E-state index in [-0.39, 0.29) is 33.3 Å². The molecule has 0 atom stereocenters. The molecule has 7 nitrogen and oxygen atoms in total. The SMILES string of the molecule is Cc1cc(-c2c(C#N)ncc3c2c(OC(F)F)nn3C(c2ccccc2)(c2ccccc2)c2ccccc2)ccc1S(=O)(=O)C(F)F. The van der Waals surface area contributed by atoms with E-state index < -0.39 is 38.5 Å². The highest BCUT2D eigenvalue weighted by Crippen LogP contribution is 2.46. The van der Waals surface area contributed by atoms with Gasteiger partial charge in [0.15, 0.2) is 0 Å². The largest absolute Gasteiger partial charge is 0.415 e.